The summed E-state index contributed by atoms with van der Waals surface area (Å²) < 4.78 is 38.3. The number of nitrogens with zero attached hydrogens (tertiary/aromatic N) is 1. The Hall–Kier alpha value is -2.51. The molecule has 0 aliphatic carbocycles. The monoisotopic (exact) mass is 282 g/mol. The van der Waals surface area contributed by atoms with Crippen LogP contribution < -0.4 is 10.6 Å². The Kier molecular flexibility index (Phi) is 2.66. The van der Waals surface area contributed by atoms with Crippen LogP contribution in [0.1, 0.15) is 22.9 Å². The molecule has 1 atom stereocenters. The lowest BCUT2D eigenvalue weighted by atomic mass is 9.97. The minimum absolute atomic E-state index is 0.337. The second-order valence-electron chi connectivity index (χ2n) is 4.34. The van der Waals surface area contributed by atoms with Crippen molar-refractivity contribution < 1.29 is 18.0 Å². The molecule has 0 spiro atoms. The van der Waals surface area contributed by atoms with Crippen molar-refractivity contribution in [2.24, 2.45) is 0 Å². The number of halogens is 3. The van der Waals surface area contributed by atoms with E-state index in [1.54, 1.807) is 6.07 Å². The number of carbonyl (C=O) groups is 1. The molecular formula is C12H9F3N4O. The Bertz CT molecular complexity index is 651. The van der Waals surface area contributed by atoms with Gasteiger partial charge in [-0.1, -0.05) is 0 Å². The van der Waals surface area contributed by atoms with Crippen molar-refractivity contribution in [3.05, 3.63) is 47.3 Å². The molecule has 3 N–H and O–H groups in total. The average Bonchev–Trinajstić information content (AvgIpc) is 2.89. The number of carbonyl (C=O) groups excluding carboxylic acids is 1. The number of alkyl halides is 3. The van der Waals surface area contributed by atoms with E-state index >= 15 is 0 Å². The van der Waals surface area contributed by atoms with E-state index in [9.17, 15) is 18.0 Å². The third-order valence-corrected chi connectivity index (χ3v) is 3.05. The number of benzene rings is 1. The Morgan fingerprint density at radius 2 is 2.00 bits per heavy atom. The molecule has 3 rings (SSSR count). The number of amides is 2. The number of rotatable bonds is 1. The van der Waals surface area contributed by atoms with Gasteiger partial charge in [-0.25, -0.2) is 4.79 Å². The first-order chi connectivity index (χ1) is 9.45. The maximum absolute atomic E-state index is 12.8. The molecule has 1 aliphatic rings. The Labute approximate surface area is 111 Å². The van der Waals surface area contributed by atoms with E-state index in [1.165, 1.54) is 12.3 Å². The number of fused-ring (bicyclic) bond motifs is 1. The number of aromatic nitrogens is 2. The molecule has 1 aromatic heterocycles. The summed E-state index contributed by atoms with van der Waals surface area (Å²) in [4.78, 5) is 11.5. The van der Waals surface area contributed by atoms with Crippen LogP contribution in [0.4, 0.5) is 23.7 Å². The quantitative estimate of drug-likeness (QED) is 0.752. The van der Waals surface area contributed by atoms with Crippen LogP contribution in [0.3, 0.4) is 0 Å². The van der Waals surface area contributed by atoms with Crippen molar-refractivity contribution in [1.82, 2.24) is 15.5 Å². The molecule has 1 aromatic carbocycles. The fourth-order valence-electron chi connectivity index (χ4n) is 2.13. The zero-order valence-corrected chi connectivity index (χ0v) is 9.95. The van der Waals surface area contributed by atoms with Crippen LogP contribution in [0, 0.1) is 0 Å². The Morgan fingerprint density at radius 3 is 2.65 bits per heavy atom. The molecule has 2 amide bonds. The van der Waals surface area contributed by atoms with Gasteiger partial charge in [0.2, 0.25) is 0 Å². The first-order valence-corrected chi connectivity index (χ1v) is 5.73. The molecule has 0 radical (unpaired) electrons. The molecule has 104 valence electrons. The predicted octanol–water partition coefficient (Wildman–Crippen LogP) is 2.65. The highest BCUT2D eigenvalue weighted by molar-refractivity contribution is 5.93. The zero-order valence-electron chi connectivity index (χ0n) is 9.95. The highest BCUT2D eigenvalue weighted by atomic mass is 19.4. The van der Waals surface area contributed by atoms with Crippen molar-refractivity contribution in [2.45, 2.75) is 12.2 Å². The van der Waals surface area contributed by atoms with Crippen LogP contribution in [0.15, 0.2) is 30.5 Å². The highest BCUT2D eigenvalue weighted by Gasteiger charge is 2.34. The molecule has 5 nitrogen and oxygen atoms in total. The van der Waals surface area contributed by atoms with Gasteiger partial charge in [0.15, 0.2) is 0 Å². The topological polar surface area (TPSA) is 69.8 Å². The van der Waals surface area contributed by atoms with E-state index in [0.717, 1.165) is 12.1 Å². The third kappa shape index (κ3) is 2.09. The molecule has 0 saturated carbocycles. The lowest BCUT2D eigenvalue weighted by Gasteiger charge is -2.27. The second kappa shape index (κ2) is 4.26. The van der Waals surface area contributed by atoms with Crippen molar-refractivity contribution in [3.8, 4) is 0 Å². The van der Waals surface area contributed by atoms with Crippen molar-refractivity contribution >= 4 is 11.7 Å². The average molecular weight is 282 g/mol. The normalized spacial score (nSPS) is 18.1. The SMILES string of the molecule is O=C1Nc2ccc(C(F)(F)F)cc2C(c2ccn[nH]2)N1. The third-order valence-electron chi connectivity index (χ3n) is 3.05. The van der Waals surface area contributed by atoms with Gasteiger partial charge >= 0.3 is 12.2 Å². The van der Waals surface area contributed by atoms with Crippen LogP contribution >= 0.6 is 0 Å². The van der Waals surface area contributed by atoms with Crippen molar-refractivity contribution in [1.29, 1.82) is 0 Å². The van der Waals surface area contributed by atoms with Gasteiger partial charge in [0.1, 0.15) is 0 Å². The molecule has 20 heavy (non-hydrogen) atoms. The van der Waals surface area contributed by atoms with Gasteiger partial charge in [-0.15, -0.1) is 0 Å². The van der Waals surface area contributed by atoms with E-state index < -0.39 is 23.8 Å². The zero-order chi connectivity index (χ0) is 14.3. The molecule has 2 aromatic rings. The van der Waals surface area contributed by atoms with Gasteiger partial charge in [0.25, 0.3) is 0 Å². The van der Waals surface area contributed by atoms with Gasteiger partial charge in [-0.3, -0.25) is 5.10 Å². The number of H-pyrrole nitrogens is 1. The van der Waals surface area contributed by atoms with Crippen LogP contribution in [-0.4, -0.2) is 16.2 Å². The van der Waals surface area contributed by atoms with Gasteiger partial charge in [-0.2, -0.15) is 18.3 Å². The molecule has 1 unspecified atom stereocenters. The number of hydrogen-bond acceptors (Lipinski definition) is 2. The van der Waals surface area contributed by atoms with Crippen LogP contribution in [0.5, 0.6) is 0 Å². The summed E-state index contributed by atoms with van der Waals surface area (Å²) in [5.74, 6) is 0. The van der Waals surface area contributed by atoms with Gasteiger partial charge in [0, 0.05) is 17.4 Å². The first kappa shape index (κ1) is 12.5. The summed E-state index contributed by atoms with van der Waals surface area (Å²) in [6.45, 7) is 0. The van der Waals surface area contributed by atoms with E-state index in [0.29, 0.717) is 16.9 Å². The van der Waals surface area contributed by atoms with Gasteiger partial charge in [-0.05, 0) is 24.3 Å². The van der Waals surface area contributed by atoms with Crippen LogP contribution in [0.2, 0.25) is 0 Å². The van der Waals surface area contributed by atoms with E-state index in [1.807, 2.05) is 0 Å². The number of urea groups is 1. The molecule has 0 fully saturated rings. The van der Waals surface area contributed by atoms with Gasteiger partial charge in [0.05, 0.1) is 17.3 Å². The lowest BCUT2D eigenvalue weighted by molar-refractivity contribution is -0.137. The molecular weight excluding hydrogens is 273 g/mol. The summed E-state index contributed by atoms with van der Waals surface area (Å²) in [6, 6.07) is 3.64. The van der Waals surface area contributed by atoms with Crippen molar-refractivity contribution in [3.63, 3.8) is 0 Å². The van der Waals surface area contributed by atoms with Gasteiger partial charge < -0.3 is 10.6 Å². The molecule has 8 heteroatoms. The maximum atomic E-state index is 12.8. The summed E-state index contributed by atoms with van der Waals surface area (Å²) in [5, 5.41) is 11.4. The number of hydrogen-bond donors (Lipinski definition) is 3. The lowest BCUT2D eigenvalue weighted by Crippen LogP contribution is -2.38. The Balaban J connectivity index is 2.11. The fourth-order valence-corrected chi connectivity index (χ4v) is 2.13. The first-order valence-electron chi connectivity index (χ1n) is 5.73. The summed E-state index contributed by atoms with van der Waals surface area (Å²) >= 11 is 0. The number of nitrogens with one attached hydrogen (secondary N) is 3. The molecule has 0 saturated heterocycles. The largest absolute Gasteiger partial charge is 0.416 e. The second-order valence-corrected chi connectivity index (χ2v) is 4.34. The fraction of sp³-hybridized carbons (Fsp3) is 0.167. The van der Waals surface area contributed by atoms with E-state index in [4.69, 9.17) is 0 Å². The molecule has 1 aliphatic heterocycles. The number of aromatic amines is 1. The van der Waals surface area contributed by atoms with Crippen LogP contribution in [-0.2, 0) is 6.18 Å². The number of anilines is 1. The maximum Gasteiger partial charge on any atom is 0.416 e. The minimum Gasteiger partial charge on any atom is -0.325 e. The highest BCUT2D eigenvalue weighted by Crippen LogP contribution is 2.36. The summed E-state index contributed by atoms with van der Waals surface area (Å²) in [7, 11) is 0. The molecule has 0 bridgehead atoms. The summed E-state index contributed by atoms with van der Waals surface area (Å²) in [5.41, 5.74) is 0.434. The Morgan fingerprint density at radius 1 is 1.20 bits per heavy atom. The van der Waals surface area contributed by atoms with E-state index in [-0.39, 0.29) is 0 Å². The van der Waals surface area contributed by atoms with Crippen molar-refractivity contribution in [2.75, 3.05) is 5.32 Å². The standard InChI is InChI=1S/C12H9F3N4O/c13-12(14,15)6-1-2-8-7(5-6)10(18-11(20)17-8)9-3-4-16-19-9/h1-5,10H,(H,16,19)(H2,17,18,20). The van der Waals surface area contributed by atoms with Crippen LogP contribution in [0.25, 0.3) is 0 Å². The van der Waals surface area contributed by atoms with E-state index in [2.05, 4.69) is 20.8 Å². The predicted molar refractivity (Wildman–Crippen MR) is 64.0 cm³/mol. The summed E-state index contributed by atoms with van der Waals surface area (Å²) in [6.07, 6.45) is -2.97. The smallest absolute Gasteiger partial charge is 0.325 e. The molecule has 2 heterocycles. The minimum atomic E-state index is -4.44.